The summed E-state index contributed by atoms with van der Waals surface area (Å²) in [6, 6.07) is 3.30. The Kier molecular flexibility index (Phi) is 5.41. The summed E-state index contributed by atoms with van der Waals surface area (Å²) in [4.78, 5) is -0.324. The highest BCUT2D eigenvalue weighted by Gasteiger charge is 2.18. The van der Waals surface area contributed by atoms with Gasteiger partial charge in [0, 0.05) is 10.7 Å². The Morgan fingerprint density at radius 1 is 1.33 bits per heavy atom. The van der Waals surface area contributed by atoms with E-state index in [1.54, 1.807) is 0 Å². The molecule has 0 saturated carbocycles. The third-order valence-electron chi connectivity index (χ3n) is 2.80. The van der Waals surface area contributed by atoms with E-state index in [1.165, 1.54) is 6.07 Å². The minimum atomic E-state index is -4.01. The van der Waals surface area contributed by atoms with Gasteiger partial charge in [-0.15, -0.1) is 0 Å². The van der Waals surface area contributed by atoms with Gasteiger partial charge in [0.05, 0.1) is 6.61 Å². The molecule has 0 amide bonds. The van der Waals surface area contributed by atoms with Gasteiger partial charge >= 0.3 is 0 Å². The summed E-state index contributed by atoms with van der Waals surface area (Å²) >= 11 is 0. The third kappa shape index (κ3) is 4.14. The van der Waals surface area contributed by atoms with Crippen molar-refractivity contribution in [3.63, 3.8) is 0 Å². The number of hydrogen-bond donors (Lipinski definition) is 0. The van der Waals surface area contributed by atoms with Crippen molar-refractivity contribution in [3.8, 4) is 5.75 Å². The zero-order valence-corrected chi connectivity index (χ0v) is 11.9. The van der Waals surface area contributed by atoms with E-state index in [0.29, 0.717) is 12.5 Å². The van der Waals surface area contributed by atoms with Gasteiger partial charge in [0.25, 0.3) is 9.05 Å². The fraction of sp³-hybridized carbons (Fsp3) is 0.500. The molecule has 0 heterocycles. The van der Waals surface area contributed by atoms with Gasteiger partial charge in [0.1, 0.15) is 16.5 Å². The number of rotatable bonds is 6. The lowest BCUT2D eigenvalue weighted by Crippen LogP contribution is -2.11. The van der Waals surface area contributed by atoms with Gasteiger partial charge in [-0.1, -0.05) is 26.7 Å². The molecule has 6 heteroatoms. The summed E-state index contributed by atoms with van der Waals surface area (Å²) in [5, 5.41) is 0. The van der Waals surface area contributed by atoms with Gasteiger partial charge in [0.2, 0.25) is 0 Å². The standard InChI is InChI=1S/C12H16ClFO3S/c1-3-9(4-2)8-17-11-6-5-10(14)7-12(11)18(13,15)16/h5-7,9H,3-4,8H2,1-2H3. The Morgan fingerprint density at radius 3 is 2.44 bits per heavy atom. The second-order valence-corrected chi connectivity index (χ2v) is 6.56. The van der Waals surface area contributed by atoms with E-state index in [2.05, 4.69) is 0 Å². The lowest BCUT2D eigenvalue weighted by atomic mass is 10.1. The highest BCUT2D eigenvalue weighted by Crippen LogP contribution is 2.28. The molecule has 0 spiro atoms. The predicted molar refractivity (Wildman–Crippen MR) is 69.0 cm³/mol. The van der Waals surface area contributed by atoms with Crippen LogP contribution in [0.15, 0.2) is 23.1 Å². The van der Waals surface area contributed by atoms with Gasteiger partial charge in [0.15, 0.2) is 0 Å². The summed E-state index contributed by atoms with van der Waals surface area (Å²) in [5.41, 5.74) is 0. The van der Waals surface area contributed by atoms with Crippen LogP contribution >= 0.6 is 10.7 Å². The van der Waals surface area contributed by atoms with Gasteiger partial charge in [-0.05, 0) is 24.1 Å². The summed E-state index contributed by atoms with van der Waals surface area (Å²) in [6.45, 7) is 4.45. The Bertz CT molecular complexity index is 498. The van der Waals surface area contributed by atoms with E-state index >= 15 is 0 Å². The van der Waals surface area contributed by atoms with Crippen molar-refractivity contribution in [2.45, 2.75) is 31.6 Å². The highest BCUT2D eigenvalue weighted by atomic mass is 35.7. The van der Waals surface area contributed by atoms with Crippen LogP contribution in [0.3, 0.4) is 0 Å². The van der Waals surface area contributed by atoms with Crippen LogP contribution in [-0.2, 0) is 9.05 Å². The van der Waals surface area contributed by atoms with Gasteiger partial charge in [-0.2, -0.15) is 0 Å². The predicted octanol–water partition coefficient (Wildman–Crippen LogP) is 3.57. The maximum Gasteiger partial charge on any atom is 0.265 e. The molecule has 0 aromatic heterocycles. The van der Waals surface area contributed by atoms with E-state index in [0.717, 1.165) is 25.0 Å². The summed E-state index contributed by atoms with van der Waals surface area (Å²) in [5.74, 6) is -0.233. The van der Waals surface area contributed by atoms with E-state index in [9.17, 15) is 12.8 Å². The molecule has 0 bridgehead atoms. The van der Waals surface area contributed by atoms with Gasteiger partial charge < -0.3 is 4.74 Å². The molecular formula is C12H16ClFO3S. The molecule has 0 fully saturated rings. The Balaban J connectivity index is 2.96. The zero-order chi connectivity index (χ0) is 13.8. The molecule has 1 aromatic carbocycles. The van der Waals surface area contributed by atoms with Crippen molar-refractivity contribution >= 4 is 19.7 Å². The monoisotopic (exact) mass is 294 g/mol. The SMILES string of the molecule is CCC(CC)COc1ccc(F)cc1S(=O)(=O)Cl. The van der Waals surface area contributed by atoms with Gasteiger partial charge in [-0.3, -0.25) is 0 Å². The van der Waals surface area contributed by atoms with Crippen LogP contribution in [0, 0.1) is 11.7 Å². The molecule has 102 valence electrons. The van der Waals surface area contributed by atoms with E-state index in [-0.39, 0.29) is 10.6 Å². The smallest absolute Gasteiger partial charge is 0.265 e. The van der Waals surface area contributed by atoms with Crippen LogP contribution in [0.1, 0.15) is 26.7 Å². The fourth-order valence-corrected chi connectivity index (χ4v) is 2.51. The molecule has 0 saturated heterocycles. The first-order chi connectivity index (χ1) is 8.38. The van der Waals surface area contributed by atoms with Crippen LogP contribution in [0.5, 0.6) is 5.75 Å². The maximum absolute atomic E-state index is 13.0. The maximum atomic E-state index is 13.0. The van der Waals surface area contributed by atoms with Crippen molar-refractivity contribution in [3.05, 3.63) is 24.0 Å². The van der Waals surface area contributed by atoms with E-state index in [4.69, 9.17) is 15.4 Å². The number of benzene rings is 1. The summed E-state index contributed by atoms with van der Waals surface area (Å²) in [6.07, 6.45) is 1.86. The first-order valence-corrected chi connectivity index (χ1v) is 8.06. The normalized spacial score (nSPS) is 11.8. The second kappa shape index (κ2) is 6.38. The topological polar surface area (TPSA) is 43.4 Å². The van der Waals surface area contributed by atoms with Gasteiger partial charge in [-0.25, -0.2) is 12.8 Å². The fourth-order valence-electron chi connectivity index (χ4n) is 1.52. The average molecular weight is 295 g/mol. The molecule has 0 unspecified atom stereocenters. The van der Waals surface area contributed by atoms with Crippen LogP contribution < -0.4 is 4.74 Å². The molecule has 1 rings (SSSR count). The number of ether oxygens (including phenoxy) is 1. The lowest BCUT2D eigenvalue weighted by Gasteiger charge is -2.15. The molecule has 0 aliphatic carbocycles. The molecule has 0 aliphatic rings. The Morgan fingerprint density at radius 2 is 1.94 bits per heavy atom. The minimum absolute atomic E-state index is 0.0956. The first-order valence-electron chi connectivity index (χ1n) is 5.75. The van der Waals surface area contributed by atoms with Crippen LogP contribution in [0.4, 0.5) is 4.39 Å². The molecule has 1 aromatic rings. The third-order valence-corrected chi connectivity index (χ3v) is 4.14. The van der Waals surface area contributed by atoms with Crippen molar-refractivity contribution in [2.75, 3.05) is 6.61 Å². The zero-order valence-electron chi connectivity index (χ0n) is 10.3. The van der Waals surface area contributed by atoms with E-state index < -0.39 is 14.9 Å². The molecule has 0 aliphatic heterocycles. The number of hydrogen-bond acceptors (Lipinski definition) is 3. The first kappa shape index (κ1) is 15.2. The molecule has 3 nitrogen and oxygen atoms in total. The summed E-state index contributed by atoms with van der Waals surface area (Å²) < 4.78 is 41.1. The minimum Gasteiger partial charge on any atom is -0.492 e. The van der Waals surface area contributed by atoms with E-state index in [1.807, 2.05) is 13.8 Å². The molecular weight excluding hydrogens is 279 g/mol. The average Bonchev–Trinajstić information content (AvgIpc) is 2.30. The van der Waals surface area contributed by atoms with Crippen LogP contribution in [0.2, 0.25) is 0 Å². The second-order valence-electron chi connectivity index (χ2n) is 4.02. The quantitative estimate of drug-likeness (QED) is 0.753. The molecule has 0 radical (unpaired) electrons. The van der Waals surface area contributed by atoms with Crippen molar-refractivity contribution < 1.29 is 17.5 Å². The lowest BCUT2D eigenvalue weighted by molar-refractivity contribution is 0.235. The highest BCUT2D eigenvalue weighted by molar-refractivity contribution is 8.13. The summed E-state index contributed by atoms with van der Waals surface area (Å²) in [7, 11) is 1.23. The number of halogens is 2. The van der Waals surface area contributed by atoms with Crippen molar-refractivity contribution in [1.29, 1.82) is 0 Å². The van der Waals surface area contributed by atoms with Crippen molar-refractivity contribution in [2.24, 2.45) is 5.92 Å². The van der Waals surface area contributed by atoms with Crippen molar-refractivity contribution in [1.82, 2.24) is 0 Å². The van der Waals surface area contributed by atoms with Crippen LogP contribution in [0.25, 0.3) is 0 Å². The molecule has 18 heavy (non-hydrogen) atoms. The molecule has 0 atom stereocenters. The van der Waals surface area contributed by atoms with Crippen LogP contribution in [-0.4, -0.2) is 15.0 Å². The Labute approximate surface area is 111 Å². The largest absolute Gasteiger partial charge is 0.492 e. The Hall–Kier alpha value is -0.810. The molecule has 0 N–H and O–H groups in total.